The number of methoxy groups -OCH3 is 4. The van der Waals surface area contributed by atoms with E-state index in [0.717, 1.165) is 38.4 Å². The number of carbonyl (C=O) groups excluding carboxylic acids is 1. The summed E-state index contributed by atoms with van der Waals surface area (Å²) in [4.78, 5) is 16.9. The number of aromatic nitrogens is 1. The fourth-order valence-electron chi connectivity index (χ4n) is 3.14. The second-order valence-electron chi connectivity index (χ2n) is 7.08. The predicted molar refractivity (Wildman–Crippen MR) is 131 cm³/mol. The molecule has 3 aromatic rings. The highest BCUT2D eigenvalue weighted by Gasteiger charge is 2.10. The number of rotatable bonds is 12. The molecule has 0 aliphatic heterocycles. The zero-order chi connectivity index (χ0) is 23.6. The zero-order valence-electron chi connectivity index (χ0n) is 19.2. The average Bonchev–Trinajstić information content (AvgIpc) is 3.29. The molecule has 0 spiro atoms. The third kappa shape index (κ3) is 7.30. The largest absolute Gasteiger partial charge is 0.497 e. The van der Waals surface area contributed by atoms with Crippen LogP contribution < -0.4 is 24.3 Å². The average molecular weight is 489 g/mol. The van der Waals surface area contributed by atoms with Crippen molar-refractivity contribution in [1.29, 1.82) is 0 Å². The van der Waals surface area contributed by atoms with E-state index in [4.69, 9.17) is 18.9 Å². The highest BCUT2D eigenvalue weighted by Crippen LogP contribution is 2.30. The summed E-state index contributed by atoms with van der Waals surface area (Å²) < 4.78 is 22.1. The first-order valence-corrected chi connectivity index (χ1v) is 12.2. The molecule has 0 fully saturated rings. The summed E-state index contributed by atoms with van der Waals surface area (Å²) in [6.45, 7) is 0.539. The number of ether oxygens (including phenoxy) is 4. The van der Waals surface area contributed by atoms with Gasteiger partial charge in [0, 0.05) is 23.7 Å². The Hall–Kier alpha value is -2.91. The third-order valence-corrected chi connectivity index (χ3v) is 6.97. The molecule has 0 aliphatic carbocycles. The molecule has 0 saturated heterocycles. The van der Waals surface area contributed by atoms with E-state index in [9.17, 15) is 4.79 Å². The van der Waals surface area contributed by atoms with Crippen LogP contribution in [0.1, 0.15) is 16.8 Å². The van der Waals surface area contributed by atoms with Crippen LogP contribution in [-0.2, 0) is 23.4 Å². The van der Waals surface area contributed by atoms with Crippen LogP contribution in [0.2, 0.25) is 0 Å². The summed E-state index contributed by atoms with van der Waals surface area (Å²) in [6.07, 6.45) is 0.963. The molecule has 0 unspecified atom stereocenters. The highest BCUT2D eigenvalue weighted by molar-refractivity contribution is 8.00. The van der Waals surface area contributed by atoms with Crippen molar-refractivity contribution in [1.82, 2.24) is 10.3 Å². The maximum Gasteiger partial charge on any atom is 0.226 e. The Labute approximate surface area is 202 Å². The van der Waals surface area contributed by atoms with Gasteiger partial charge >= 0.3 is 0 Å². The van der Waals surface area contributed by atoms with Crippen LogP contribution in [0.4, 0.5) is 0 Å². The van der Waals surface area contributed by atoms with Crippen LogP contribution in [0, 0.1) is 0 Å². The lowest BCUT2D eigenvalue weighted by molar-refractivity contribution is -0.120. The molecule has 0 bridgehead atoms. The molecular formula is C24H28N2O5S2. The van der Waals surface area contributed by atoms with Crippen LogP contribution in [0.3, 0.4) is 0 Å². The molecule has 0 aliphatic rings. The molecule has 7 nitrogen and oxygen atoms in total. The van der Waals surface area contributed by atoms with Crippen molar-refractivity contribution in [2.24, 2.45) is 0 Å². The summed E-state index contributed by atoms with van der Waals surface area (Å²) in [5.74, 6) is 3.58. The van der Waals surface area contributed by atoms with Crippen LogP contribution >= 0.6 is 23.1 Å². The third-order valence-electron chi connectivity index (χ3n) is 4.83. The lowest BCUT2D eigenvalue weighted by atomic mass is 10.1. The van der Waals surface area contributed by atoms with Gasteiger partial charge in [0.05, 0.1) is 40.6 Å². The van der Waals surface area contributed by atoms with E-state index in [2.05, 4.69) is 10.3 Å². The minimum atomic E-state index is -0.0464. The Morgan fingerprint density at radius 1 is 0.939 bits per heavy atom. The Morgan fingerprint density at radius 2 is 1.67 bits per heavy atom. The van der Waals surface area contributed by atoms with E-state index < -0.39 is 0 Å². The van der Waals surface area contributed by atoms with Crippen LogP contribution in [0.25, 0.3) is 0 Å². The van der Waals surface area contributed by atoms with E-state index in [1.807, 2.05) is 41.8 Å². The molecule has 1 N–H and O–H groups in total. The van der Waals surface area contributed by atoms with Crippen LogP contribution in [0.15, 0.2) is 46.1 Å². The smallest absolute Gasteiger partial charge is 0.226 e. The van der Waals surface area contributed by atoms with E-state index in [0.29, 0.717) is 24.5 Å². The first-order chi connectivity index (χ1) is 16.0. The maximum absolute atomic E-state index is 12.3. The number of thioether (sulfide) groups is 1. The van der Waals surface area contributed by atoms with E-state index in [-0.39, 0.29) is 12.3 Å². The van der Waals surface area contributed by atoms with Crippen molar-refractivity contribution in [3.63, 3.8) is 0 Å². The number of thiazole rings is 1. The van der Waals surface area contributed by atoms with Gasteiger partial charge < -0.3 is 24.3 Å². The molecule has 0 saturated carbocycles. The molecule has 1 amide bonds. The number of amides is 1. The number of hydrogen-bond donors (Lipinski definition) is 1. The molecule has 0 radical (unpaired) electrons. The number of carbonyl (C=O) groups is 1. The van der Waals surface area contributed by atoms with Gasteiger partial charge in [-0.1, -0.05) is 17.8 Å². The van der Waals surface area contributed by atoms with Gasteiger partial charge in [0.1, 0.15) is 15.8 Å². The van der Waals surface area contributed by atoms with Crippen molar-refractivity contribution < 1.29 is 23.7 Å². The maximum atomic E-state index is 12.3. The normalized spacial score (nSPS) is 10.5. The van der Waals surface area contributed by atoms with Crippen molar-refractivity contribution in [2.45, 2.75) is 22.9 Å². The van der Waals surface area contributed by atoms with Gasteiger partial charge in [0.25, 0.3) is 0 Å². The molecule has 1 aromatic heterocycles. The first-order valence-electron chi connectivity index (χ1n) is 10.3. The Balaban J connectivity index is 1.46. The SMILES string of the molecule is COc1cc(CSc2nc(CC(=O)NCCc3ccc(OC)c(OC)c3)cs2)cc(OC)c1. The van der Waals surface area contributed by atoms with Gasteiger partial charge in [0.15, 0.2) is 11.5 Å². The van der Waals surface area contributed by atoms with E-state index >= 15 is 0 Å². The van der Waals surface area contributed by atoms with Gasteiger partial charge in [-0.05, 0) is 41.8 Å². The standard InChI is InChI=1S/C24H28N2O5S2/c1-28-19-9-17(10-20(13-19)29-2)14-32-24-26-18(15-33-24)12-23(27)25-8-7-16-5-6-21(30-3)22(11-16)31-4/h5-6,9-11,13,15H,7-8,12,14H2,1-4H3,(H,25,27). The second kappa shape index (κ2) is 12.4. The van der Waals surface area contributed by atoms with Gasteiger partial charge in [0.2, 0.25) is 5.91 Å². The van der Waals surface area contributed by atoms with Crippen LogP contribution in [0.5, 0.6) is 23.0 Å². The minimum absolute atomic E-state index is 0.0464. The number of nitrogens with one attached hydrogen (secondary N) is 1. The summed E-state index contributed by atoms with van der Waals surface area (Å²) >= 11 is 3.17. The predicted octanol–water partition coefficient (Wildman–Crippen LogP) is 4.37. The van der Waals surface area contributed by atoms with Gasteiger partial charge in [-0.2, -0.15) is 0 Å². The van der Waals surface area contributed by atoms with Crippen LogP contribution in [-0.4, -0.2) is 45.9 Å². The summed E-state index contributed by atoms with van der Waals surface area (Å²) in [6, 6.07) is 11.6. The van der Waals surface area contributed by atoms with Gasteiger partial charge in [-0.15, -0.1) is 11.3 Å². The Morgan fingerprint density at radius 3 is 2.33 bits per heavy atom. The van der Waals surface area contributed by atoms with E-state index in [1.54, 1.807) is 51.5 Å². The van der Waals surface area contributed by atoms with E-state index in [1.165, 1.54) is 0 Å². The van der Waals surface area contributed by atoms with Crippen molar-refractivity contribution in [3.8, 4) is 23.0 Å². The van der Waals surface area contributed by atoms with Gasteiger partial charge in [-0.3, -0.25) is 4.79 Å². The van der Waals surface area contributed by atoms with Crippen molar-refractivity contribution in [3.05, 3.63) is 58.6 Å². The quantitative estimate of drug-likeness (QED) is 0.379. The molecular weight excluding hydrogens is 460 g/mol. The number of nitrogens with zero attached hydrogens (tertiary/aromatic N) is 1. The summed E-state index contributed by atoms with van der Waals surface area (Å²) in [5, 5.41) is 4.89. The zero-order valence-corrected chi connectivity index (χ0v) is 20.8. The number of hydrogen-bond acceptors (Lipinski definition) is 8. The fourth-order valence-corrected chi connectivity index (χ4v) is 4.91. The molecule has 3 rings (SSSR count). The molecule has 2 aromatic carbocycles. The Bertz CT molecular complexity index is 1050. The minimum Gasteiger partial charge on any atom is -0.497 e. The topological polar surface area (TPSA) is 78.9 Å². The van der Waals surface area contributed by atoms with Crippen molar-refractivity contribution >= 4 is 29.0 Å². The lowest BCUT2D eigenvalue weighted by Gasteiger charge is -2.10. The second-order valence-corrected chi connectivity index (χ2v) is 9.16. The van der Waals surface area contributed by atoms with Crippen molar-refractivity contribution in [2.75, 3.05) is 35.0 Å². The summed E-state index contributed by atoms with van der Waals surface area (Å²) in [5.41, 5.74) is 2.92. The summed E-state index contributed by atoms with van der Waals surface area (Å²) in [7, 11) is 6.49. The monoisotopic (exact) mass is 488 g/mol. The highest BCUT2D eigenvalue weighted by atomic mass is 32.2. The molecule has 1 heterocycles. The molecule has 0 atom stereocenters. The van der Waals surface area contributed by atoms with Gasteiger partial charge in [-0.25, -0.2) is 4.98 Å². The molecule has 9 heteroatoms. The number of benzene rings is 2. The molecule has 176 valence electrons. The molecule has 33 heavy (non-hydrogen) atoms. The Kier molecular flexibility index (Phi) is 9.26. The lowest BCUT2D eigenvalue weighted by Crippen LogP contribution is -2.27. The fraction of sp³-hybridized carbons (Fsp3) is 0.333. The first kappa shape index (κ1) is 24.7.